The van der Waals surface area contributed by atoms with Crippen LogP contribution in [0, 0.1) is 6.92 Å². The topological polar surface area (TPSA) is 46.6 Å². The van der Waals surface area contributed by atoms with Gasteiger partial charge < -0.3 is 4.74 Å². The minimum Gasteiger partial charge on any atom is -0.491 e. The van der Waals surface area contributed by atoms with Crippen LogP contribution >= 0.6 is 0 Å². The summed E-state index contributed by atoms with van der Waals surface area (Å²) in [5, 5.41) is 2.20. The van der Waals surface area contributed by atoms with Crippen LogP contribution in [-0.4, -0.2) is 25.9 Å². The lowest BCUT2D eigenvalue weighted by atomic mass is 10.0. The predicted molar refractivity (Wildman–Crippen MR) is 142 cm³/mol. The van der Waals surface area contributed by atoms with Gasteiger partial charge in [-0.2, -0.15) is 0 Å². The Morgan fingerprint density at radius 1 is 0.771 bits per heavy atom. The van der Waals surface area contributed by atoms with E-state index in [1.54, 1.807) is 18.3 Å². The Labute approximate surface area is 206 Å². The largest absolute Gasteiger partial charge is 0.491 e. The number of hydrogen-bond acceptors (Lipinski definition) is 3. The number of rotatable bonds is 4. The van der Waals surface area contributed by atoms with E-state index in [0.29, 0.717) is 18.8 Å². The third-order valence-corrected chi connectivity index (χ3v) is 7.95. The molecule has 0 radical (unpaired) electrons. The average molecular weight is 482 g/mol. The Hall–Kier alpha value is -3.83. The maximum absolute atomic E-state index is 13.7. The van der Waals surface area contributed by atoms with E-state index in [2.05, 4.69) is 6.07 Å². The molecule has 0 spiro atoms. The van der Waals surface area contributed by atoms with Gasteiger partial charge in [0.05, 0.1) is 24.2 Å². The third-order valence-electron chi connectivity index (χ3n) is 6.21. The molecule has 5 heteroatoms. The molecule has 0 bridgehead atoms. The Bertz CT molecular complexity index is 1500. The molecule has 0 saturated heterocycles. The Kier molecular flexibility index (Phi) is 6.43. The number of benzene rings is 4. The quantitative estimate of drug-likeness (QED) is 0.328. The fraction of sp³-hybridized carbons (Fsp3) is 0.133. The van der Waals surface area contributed by atoms with Crippen molar-refractivity contribution in [3.63, 3.8) is 0 Å². The van der Waals surface area contributed by atoms with Crippen LogP contribution in [0.4, 0.5) is 0 Å². The normalized spacial score (nSPS) is 17.8. The SMILES string of the molecule is Cc1ccc(S(=O)(=O)N2/C=C(/c3ccc4ccccc4c3)OCC/C(c3ccccc3)=C\C2)cc1. The maximum Gasteiger partial charge on any atom is 0.264 e. The molecule has 0 saturated carbocycles. The number of hydrogen-bond donors (Lipinski definition) is 0. The number of sulfonamides is 1. The molecular formula is C30H27NO3S. The van der Waals surface area contributed by atoms with Gasteiger partial charge in [0, 0.05) is 12.0 Å². The van der Waals surface area contributed by atoms with E-state index in [1.807, 2.05) is 91.9 Å². The number of fused-ring (bicyclic) bond motifs is 1. The van der Waals surface area contributed by atoms with Gasteiger partial charge in [0.25, 0.3) is 10.0 Å². The van der Waals surface area contributed by atoms with Crippen LogP contribution in [0.2, 0.25) is 0 Å². The van der Waals surface area contributed by atoms with E-state index < -0.39 is 10.0 Å². The van der Waals surface area contributed by atoms with Crippen LogP contribution < -0.4 is 0 Å². The maximum atomic E-state index is 13.7. The first-order valence-electron chi connectivity index (χ1n) is 11.7. The number of aryl methyl sites for hydroxylation is 1. The molecule has 0 aliphatic carbocycles. The molecule has 1 aliphatic heterocycles. The van der Waals surface area contributed by atoms with Crippen molar-refractivity contribution < 1.29 is 13.2 Å². The first-order valence-corrected chi connectivity index (χ1v) is 13.1. The molecule has 4 aromatic carbocycles. The fourth-order valence-electron chi connectivity index (χ4n) is 4.22. The van der Waals surface area contributed by atoms with E-state index in [0.717, 1.165) is 33.0 Å². The van der Waals surface area contributed by atoms with Gasteiger partial charge >= 0.3 is 0 Å². The number of nitrogens with zero attached hydrogens (tertiary/aromatic N) is 1. The minimum absolute atomic E-state index is 0.209. The van der Waals surface area contributed by atoms with Gasteiger partial charge in [0.2, 0.25) is 0 Å². The molecule has 1 aliphatic rings. The highest BCUT2D eigenvalue weighted by Crippen LogP contribution is 2.28. The van der Waals surface area contributed by atoms with Crippen molar-refractivity contribution in [2.24, 2.45) is 0 Å². The lowest BCUT2D eigenvalue weighted by molar-refractivity contribution is 0.283. The summed E-state index contributed by atoms with van der Waals surface area (Å²) in [6.45, 7) is 2.59. The average Bonchev–Trinajstić information content (AvgIpc) is 3.00. The summed E-state index contributed by atoms with van der Waals surface area (Å²) in [7, 11) is -3.79. The molecular weight excluding hydrogens is 454 g/mol. The van der Waals surface area contributed by atoms with Gasteiger partial charge in [-0.15, -0.1) is 0 Å². The molecule has 35 heavy (non-hydrogen) atoms. The van der Waals surface area contributed by atoms with E-state index in [1.165, 1.54) is 4.31 Å². The van der Waals surface area contributed by atoms with Crippen LogP contribution in [0.15, 0.2) is 114 Å². The Morgan fingerprint density at radius 2 is 1.49 bits per heavy atom. The van der Waals surface area contributed by atoms with Gasteiger partial charge in [-0.3, -0.25) is 4.31 Å². The van der Waals surface area contributed by atoms with Crippen molar-refractivity contribution in [1.29, 1.82) is 0 Å². The predicted octanol–water partition coefficient (Wildman–Crippen LogP) is 6.64. The zero-order chi connectivity index (χ0) is 24.3. The molecule has 4 aromatic rings. The van der Waals surface area contributed by atoms with Crippen molar-refractivity contribution in [2.75, 3.05) is 13.2 Å². The van der Waals surface area contributed by atoms with Crippen LogP contribution in [0.5, 0.6) is 0 Å². The summed E-state index contributed by atoms with van der Waals surface area (Å²) in [4.78, 5) is 0.256. The van der Waals surface area contributed by atoms with Crippen LogP contribution in [0.3, 0.4) is 0 Å². The van der Waals surface area contributed by atoms with Crippen molar-refractivity contribution in [3.05, 3.63) is 126 Å². The van der Waals surface area contributed by atoms with Crippen LogP contribution in [0.25, 0.3) is 22.1 Å². The molecule has 176 valence electrons. The lowest BCUT2D eigenvalue weighted by Gasteiger charge is -2.21. The van der Waals surface area contributed by atoms with Crippen molar-refractivity contribution in [3.8, 4) is 0 Å². The van der Waals surface area contributed by atoms with Crippen molar-refractivity contribution in [1.82, 2.24) is 4.31 Å². The molecule has 0 amide bonds. The highest BCUT2D eigenvalue weighted by molar-refractivity contribution is 7.89. The van der Waals surface area contributed by atoms with E-state index in [9.17, 15) is 8.42 Å². The van der Waals surface area contributed by atoms with Gasteiger partial charge in [0.15, 0.2) is 0 Å². The summed E-state index contributed by atoms with van der Waals surface area (Å²) in [5.74, 6) is 0.536. The second-order valence-electron chi connectivity index (χ2n) is 8.64. The van der Waals surface area contributed by atoms with Crippen molar-refractivity contribution in [2.45, 2.75) is 18.2 Å². The monoisotopic (exact) mass is 481 g/mol. The van der Waals surface area contributed by atoms with E-state index in [4.69, 9.17) is 4.74 Å². The summed E-state index contributed by atoms with van der Waals surface area (Å²) < 4.78 is 35.0. The fourth-order valence-corrected chi connectivity index (χ4v) is 5.48. The molecule has 5 rings (SSSR count). The summed E-state index contributed by atoms with van der Waals surface area (Å²) in [6.07, 6.45) is 4.29. The van der Waals surface area contributed by atoms with Gasteiger partial charge in [-0.1, -0.05) is 90.5 Å². The van der Waals surface area contributed by atoms with E-state index >= 15 is 0 Å². The third kappa shape index (κ3) is 5.00. The zero-order valence-electron chi connectivity index (χ0n) is 19.6. The minimum atomic E-state index is -3.79. The van der Waals surface area contributed by atoms with Crippen LogP contribution in [-0.2, 0) is 14.8 Å². The van der Waals surface area contributed by atoms with Gasteiger partial charge in [-0.05, 0) is 47.0 Å². The Morgan fingerprint density at radius 3 is 2.26 bits per heavy atom. The van der Waals surface area contributed by atoms with E-state index in [-0.39, 0.29) is 11.4 Å². The number of ether oxygens (including phenoxy) is 1. The second-order valence-corrected chi connectivity index (χ2v) is 10.5. The summed E-state index contributed by atoms with van der Waals surface area (Å²) >= 11 is 0. The zero-order valence-corrected chi connectivity index (χ0v) is 20.4. The lowest BCUT2D eigenvalue weighted by Crippen LogP contribution is -2.27. The standard InChI is InChI=1S/C30H27NO3S/c1-23-11-15-29(16-12-23)35(32,33)31-19-17-26(24-7-3-2-4-8-24)18-20-34-30(22-31)28-14-13-25-9-5-6-10-27(25)21-28/h2-17,21-22H,18-20H2,1H3/b26-17+,30-22-. The molecule has 0 fully saturated rings. The Balaban J connectivity index is 1.59. The first kappa shape index (κ1) is 22.9. The molecule has 0 atom stereocenters. The summed E-state index contributed by atoms with van der Waals surface area (Å²) in [5.41, 5.74) is 3.98. The van der Waals surface area contributed by atoms with Gasteiger partial charge in [0.1, 0.15) is 5.76 Å². The highest BCUT2D eigenvalue weighted by Gasteiger charge is 2.24. The van der Waals surface area contributed by atoms with Crippen molar-refractivity contribution >= 4 is 32.1 Å². The molecule has 4 nitrogen and oxygen atoms in total. The highest BCUT2D eigenvalue weighted by atomic mass is 32.2. The van der Waals surface area contributed by atoms with Gasteiger partial charge in [-0.25, -0.2) is 8.42 Å². The molecule has 0 aromatic heterocycles. The second kappa shape index (κ2) is 9.80. The first-order chi connectivity index (χ1) is 17.0. The molecule has 0 N–H and O–H groups in total. The summed E-state index contributed by atoms with van der Waals surface area (Å²) in [6, 6.07) is 31.1. The van der Waals surface area contributed by atoms with Crippen LogP contribution in [0.1, 0.15) is 23.1 Å². The smallest absolute Gasteiger partial charge is 0.264 e. The molecule has 0 unspecified atom stereocenters. The molecule has 1 heterocycles.